The molecule has 1 aromatic rings. The zero-order chi connectivity index (χ0) is 11.5. The van der Waals surface area contributed by atoms with Gasteiger partial charge in [-0.1, -0.05) is 43.0 Å². The molecule has 0 bridgehead atoms. The Kier molecular flexibility index (Phi) is 3.66. The molecule has 1 heterocycles. The lowest BCUT2D eigenvalue weighted by molar-refractivity contribution is 0.874. The van der Waals surface area contributed by atoms with Crippen molar-refractivity contribution in [2.24, 2.45) is 0 Å². The molecule has 1 aliphatic rings. The normalized spacial score (nSPS) is 16.6. The molecule has 0 N–H and O–H groups in total. The van der Waals surface area contributed by atoms with Crippen LogP contribution in [0.2, 0.25) is 0 Å². The second-order valence-electron chi connectivity index (χ2n) is 3.81. The molecular weight excluding hydrogens is 234 g/mol. The molecule has 0 aromatic heterocycles. The molecule has 1 nitrogen and oxygen atoms in total. The van der Waals surface area contributed by atoms with Crippen molar-refractivity contribution in [3.63, 3.8) is 0 Å². The van der Waals surface area contributed by atoms with Gasteiger partial charge in [0.1, 0.15) is 0 Å². The van der Waals surface area contributed by atoms with Crippen molar-refractivity contribution in [1.82, 2.24) is 0 Å². The molecule has 3 heteroatoms. The van der Waals surface area contributed by atoms with Crippen LogP contribution in [0.15, 0.2) is 40.3 Å². The summed E-state index contributed by atoms with van der Waals surface area (Å²) in [7, 11) is 0. The van der Waals surface area contributed by atoms with Crippen molar-refractivity contribution in [2.75, 3.05) is 11.4 Å². The number of thiocarbonyl (C=S) groups is 1. The number of hydrogen-bond acceptors (Lipinski definition) is 3. The van der Waals surface area contributed by atoms with Crippen LogP contribution in [0.3, 0.4) is 0 Å². The Morgan fingerprint density at radius 1 is 1.44 bits per heavy atom. The molecule has 0 atom stereocenters. The van der Waals surface area contributed by atoms with E-state index in [4.69, 9.17) is 12.2 Å². The van der Waals surface area contributed by atoms with Crippen molar-refractivity contribution in [3.05, 3.63) is 35.4 Å². The van der Waals surface area contributed by atoms with E-state index in [0.29, 0.717) is 0 Å². The Hall–Kier alpha value is -0.800. The highest BCUT2D eigenvalue weighted by atomic mass is 32.2. The average molecular weight is 249 g/mol. The molecule has 0 saturated heterocycles. The van der Waals surface area contributed by atoms with Gasteiger partial charge in [-0.3, -0.25) is 0 Å². The van der Waals surface area contributed by atoms with Gasteiger partial charge in [0.05, 0.1) is 10.7 Å². The van der Waals surface area contributed by atoms with Crippen molar-refractivity contribution in [2.45, 2.75) is 25.2 Å². The van der Waals surface area contributed by atoms with Crippen LogP contribution >= 0.6 is 24.0 Å². The topological polar surface area (TPSA) is 3.24 Å². The Labute approximate surface area is 107 Å². The van der Waals surface area contributed by atoms with Gasteiger partial charge in [-0.15, -0.1) is 0 Å². The Morgan fingerprint density at radius 3 is 2.88 bits per heavy atom. The second-order valence-corrected chi connectivity index (χ2v) is 5.52. The van der Waals surface area contributed by atoms with E-state index in [1.165, 1.54) is 15.6 Å². The van der Waals surface area contributed by atoms with E-state index in [0.717, 1.165) is 17.8 Å². The summed E-state index contributed by atoms with van der Waals surface area (Å²) in [5, 5.41) is 1.26. The fourth-order valence-electron chi connectivity index (χ4n) is 1.79. The van der Waals surface area contributed by atoms with Gasteiger partial charge in [0, 0.05) is 16.3 Å². The number of para-hydroxylation sites is 1. The number of benzene rings is 1. The van der Waals surface area contributed by atoms with Crippen LogP contribution < -0.4 is 4.90 Å². The summed E-state index contributed by atoms with van der Waals surface area (Å²) in [6, 6.07) is 8.53. The molecule has 0 amide bonds. The third kappa shape index (κ3) is 2.30. The molecule has 1 aromatic carbocycles. The van der Waals surface area contributed by atoms with Gasteiger partial charge in [-0.05, 0) is 31.6 Å². The zero-order valence-electron chi connectivity index (χ0n) is 9.56. The summed E-state index contributed by atoms with van der Waals surface area (Å²) in [5.41, 5.74) is 1.32. The Morgan fingerprint density at radius 2 is 2.19 bits per heavy atom. The maximum atomic E-state index is 5.16. The first-order valence-corrected chi connectivity index (χ1v) is 6.71. The molecule has 1 aliphatic heterocycles. The zero-order valence-corrected chi connectivity index (χ0v) is 11.2. The average Bonchev–Trinajstić information content (AvgIpc) is 2.57. The Bertz CT molecular complexity index is 437. The van der Waals surface area contributed by atoms with E-state index in [2.05, 4.69) is 42.2 Å². The SMILES string of the molecule is CCCN1C(=CC(C)=S)Sc2ccccc21. The second kappa shape index (κ2) is 5.02. The van der Waals surface area contributed by atoms with Crippen LogP contribution in [-0.4, -0.2) is 11.4 Å². The number of anilines is 1. The smallest absolute Gasteiger partial charge is 0.0812 e. The summed E-state index contributed by atoms with van der Waals surface area (Å²) in [5.74, 6) is 0. The third-order valence-electron chi connectivity index (χ3n) is 2.41. The van der Waals surface area contributed by atoms with Crippen LogP contribution in [0, 0.1) is 0 Å². The van der Waals surface area contributed by atoms with Crippen molar-refractivity contribution >= 4 is 34.5 Å². The highest BCUT2D eigenvalue weighted by Crippen LogP contribution is 2.45. The standard InChI is InChI=1S/C13H15NS2/c1-3-8-14-11-6-4-5-7-12(11)16-13(14)9-10(2)15/h4-7,9H,3,8H2,1-2H3. The number of fused-ring (bicyclic) bond motifs is 1. The monoisotopic (exact) mass is 249 g/mol. The number of nitrogens with zero attached hydrogens (tertiary/aromatic N) is 1. The minimum absolute atomic E-state index is 0.941. The lowest BCUT2D eigenvalue weighted by Gasteiger charge is -2.19. The van der Waals surface area contributed by atoms with Crippen LogP contribution in [0.25, 0.3) is 0 Å². The molecule has 0 aliphatic carbocycles. The van der Waals surface area contributed by atoms with E-state index in [1.807, 2.05) is 18.7 Å². The van der Waals surface area contributed by atoms with Crippen molar-refractivity contribution < 1.29 is 0 Å². The minimum Gasteiger partial charge on any atom is -0.335 e. The molecule has 84 valence electrons. The van der Waals surface area contributed by atoms with Crippen molar-refractivity contribution in [3.8, 4) is 0 Å². The molecule has 2 rings (SSSR count). The number of allylic oxidation sites excluding steroid dienone is 1. The van der Waals surface area contributed by atoms with Crippen LogP contribution in [0.1, 0.15) is 20.3 Å². The van der Waals surface area contributed by atoms with Crippen LogP contribution in [0.5, 0.6) is 0 Å². The van der Waals surface area contributed by atoms with Gasteiger partial charge in [0.25, 0.3) is 0 Å². The summed E-state index contributed by atoms with van der Waals surface area (Å²) in [4.78, 5) is 4.63. The lowest BCUT2D eigenvalue weighted by atomic mass is 10.3. The van der Waals surface area contributed by atoms with E-state index >= 15 is 0 Å². The van der Waals surface area contributed by atoms with Crippen LogP contribution in [-0.2, 0) is 0 Å². The minimum atomic E-state index is 0.941. The van der Waals surface area contributed by atoms with Gasteiger partial charge in [0.15, 0.2) is 0 Å². The first-order chi connectivity index (χ1) is 7.72. The van der Waals surface area contributed by atoms with E-state index in [1.54, 1.807) is 0 Å². The highest BCUT2D eigenvalue weighted by molar-refractivity contribution is 8.03. The summed E-state index contributed by atoms with van der Waals surface area (Å²) < 4.78 is 0. The summed E-state index contributed by atoms with van der Waals surface area (Å²) >= 11 is 6.98. The largest absolute Gasteiger partial charge is 0.335 e. The molecule has 0 unspecified atom stereocenters. The van der Waals surface area contributed by atoms with Gasteiger partial charge in [0.2, 0.25) is 0 Å². The maximum absolute atomic E-state index is 5.16. The molecule has 0 fully saturated rings. The third-order valence-corrected chi connectivity index (χ3v) is 3.64. The van der Waals surface area contributed by atoms with E-state index in [-0.39, 0.29) is 0 Å². The fraction of sp³-hybridized carbons (Fsp3) is 0.308. The summed E-state index contributed by atoms with van der Waals surface area (Å²) in [6.07, 6.45) is 3.23. The fourth-order valence-corrected chi connectivity index (χ4v) is 3.16. The first-order valence-electron chi connectivity index (χ1n) is 5.49. The maximum Gasteiger partial charge on any atom is 0.0812 e. The predicted molar refractivity (Wildman–Crippen MR) is 76.3 cm³/mol. The Balaban J connectivity index is 2.37. The van der Waals surface area contributed by atoms with Gasteiger partial charge in [-0.25, -0.2) is 0 Å². The first kappa shape index (κ1) is 11.7. The van der Waals surface area contributed by atoms with Gasteiger partial charge < -0.3 is 4.90 Å². The number of rotatable bonds is 3. The molecular formula is C13H15NS2. The molecule has 0 radical (unpaired) electrons. The van der Waals surface area contributed by atoms with Gasteiger partial charge in [-0.2, -0.15) is 0 Å². The van der Waals surface area contributed by atoms with E-state index < -0.39 is 0 Å². The summed E-state index contributed by atoms with van der Waals surface area (Å²) in [6.45, 7) is 5.22. The predicted octanol–water partition coefficient (Wildman–Crippen LogP) is 4.24. The molecule has 16 heavy (non-hydrogen) atoms. The van der Waals surface area contributed by atoms with E-state index in [9.17, 15) is 0 Å². The van der Waals surface area contributed by atoms with Crippen LogP contribution in [0.4, 0.5) is 5.69 Å². The van der Waals surface area contributed by atoms with Crippen molar-refractivity contribution in [1.29, 1.82) is 0 Å². The number of hydrogen-bond donors (Lipinski definition) is 0. The van der Waals surface area contributed by atoms with Gasteiger partial charge >= 0.3 is 0 Å². The lowest BCUT2D eigenvalue weighted by Crippen LogP contribution is -2.18. The molecule has 0 saturated carbocycles. The number of thioether (sulfide) groups is 1. The quantitative estimate of drug-likeness (QED) is 0.582. The highest BCUT2D eigenvalue weighted by Gasteiger charge is 2.23. The molecule has 0 spiro atoms.